The topological polar surface area (TPSA) is 109 Å². The Bertz CT molecular complexity index is 1020. The number of carbonyl (C=O) groups is 1. The number of aromatic nitrogens is 5. The molecule has 0 radical (unpaired) electrons. The average molecular weight is 393 g/mol. The lowest BCUT2D eigenvalue weighted by atomic mass is 10.1. The van der Waals surface area contributed by atoms with Gasteiger partial charge < -0.3 is 15.0 Å². The minimum Gasteiger partial charge on any atom is -0.481 e. The molecule has 0 bridgehead atoms. The molecule has 0 aromatic carbocycles. The number of H-pyrrole nitrogens is 1. The Kier molecular flexibility index (Phi) is 5.22. The number of nitrogens with one attached hydrogen (secondary N) is 2. The third-order valence-corrected chi connectivity index (χ3v) is 4.85. The first kappa shape index (κ1) is 19.0. The van der Waals surface area contributed by atoms with Gasteiger partial charge in [-0.1, -0.05) is 0 Å². The summed E-state index contributed by atoms with van der Waals surface area (Å²) in [5.74, 6) is 1.89. The van der Waals surface area contributed by atoms with Gasteiger partial charge in [-0.25, -0.2) is 9.97 Å². The summed E-state index contributed by atoms with van der Waals surface area (Å²) in [5, 5.41) is 10.5. The lowest BCUT2D eigenvalue weighted by Crippen LogP contribution is -2.30. The molecule has 4 heterocycles. The fourth-order valence-corrected chi connectivity index (χ4v) is 3.31. The Morgan fingerprint density at radius 3 is 2.76 bits per heavy atom. The van der Waals surface area contributed by atoms with Crippen molar-refractivity contribution in [2.75, 3.05) is 7.11 Å². The molecule has 0 fully saturated rings. The predicted molar refractivity (Wildman–Crippen MR) is 106 cm³/mol. The minimum absolute atomic E-state index is 0.0173. The molecule has 9 heteroatoms. The maximum absolute atomic E-state index is 12.6. The molecule has 0 aliphatic carbocycles. The van der Waals surface area contributed by atoms with Gasteiger partial charge in [0.2, 0.25) is 5.88 Å². The maximum Gasteiger partial charge on any atom is 0.256 e. The van der Waals surface area contributed by atoms with Gasteiger partial charge in [-0.3, -0.25) is 14.9 Å². The maximum atomic E-state index is 12.6. The lowest BCUT2D eigenvalue weighted by molar-refractivity contribution is 0.0730. The van der Waals surface area contributed by atoms with Crippen LogP contribution in [0.15, 0.2) is 30.6 Å². The van der Waals surface area contributed by atoms with Crippen molar-refractivity contribution in [2.45, 2.75) is 39.5 Å². The van der Waals surface area contributed by atoms with Crippen molar-refractivity contribution in [3.8, 4) is 17.3 Å². The summed E-state index contributed by atoms with van der Waals surface area (Å²) in [6, 6.07) is 5.73. The Morgan fingerprint density at radius 2 is 2.03 bits per heavy atom. The molecule has 150 valence electrons. The van der Waals surface area contributed by atoms with E-state index in [1.165, 1.54) is 0 Å². The molecule has 0 atom stereocenters. The van der Waals surface area contributed by atoms with Crippen LogP contribution < -0.4 is 10.1 Å². The van der Waals surface area contributed by atoms with E-state index in [0.717, 1.165) is 16.8 Å². The number of carbonyl (C=O) groups excluding carboxylic acids is 1. The first-order valence-corrected chi connectivity index (χ1v) is 9.47. The highest BCUT2D eigenvalue weighted by molar-refractivity contribution is 5.98. The van der Waals surface area contributed by atoms with Gasteiger partial charge in [0.1, 0.15) is 5.82 Å². The molecule has 0 spiro atoms. The predicted octanol–water partition coefficient (Wildman–Crippen LogP) is 1.92. The van der Waals surface area contributed by atoms with Gasteiger partial charge >= 0.3 is 0 Å². The van der Waals surface area contributed by atoms with E-state index >= 15 is 0 Å². The molecule has 4 rings (SSSR count). The number of fused-ring (bicyclic) bond motifs is 1. The number of aromatic amines is 1. The van der Waals surface area contributed by atoms with Crippen LogP contribution in [0, 0.1) is 0 Å². The van der Waals surface area contributed by atoms with Gasteiger partial charge in [-0.15, -0.1) is 0 Å². The number of ether oxygens (including phenoxy) is 1. The average Bonchev–Trinajstić information content (AvgIpc) is 3.33. The van der Waals surface area contributed by atoms with Gasteiger partial charge in [-0.05, 0) is 32.0 Å². The fraction of sp³-hybridized carbons (Fsp3) is 0.350. The molecular formula is C20H23N7O2. The Balaban J connectivity index is 1.44. The van der Waals surface area contributed by atoms with Gasteiger partial charge in [0, 0.05) is 36.1 Å². The zero-order valence-corrected chi connectivity index (χ0v) is 16.6. The second-order valence-electron chi connectivity index (χ2n) is 7.12. The SMILES string of the molecule is COc1nc2c(cc1CNCc1nc(-c3ccncc3)n[nH]1)C(=O)N(C(C)C)C2. The quantitative estimate of drug-likeness (QED) is 0.631. The molecule has 3 aromatic heterocycles. The second-order valence-corrected chi connectivity index (χ2v) is 7.12. The molecule has 1 aliphatic rings. The van der Waals surface area contributed by atoms with E-state index in [4.69, 9.17) is 4.74 Å². The first-order chi connectivity index (χ1) is 14.1. The van der Waals surface area contributed by atoms with Crippen molar-refractivity contribution >= 4 is 5.91 Å². The van der Waals surface area contributed by atoms with Crippen LogP contribution in [0.5, 0.6) is 5.88 Å². The van der Waals surface area contributed by atoms with E-state index < -0.39 is 0 Å². The number of pyridine rings is 2. The highest BCUT2D eigenvalue weighted by Gasteiger charge is 2.31. The van der Waals surface area contributed by atoms with E-state index in [2.05, 4.69) is 30.5 Å². The number of nitrogens with zero attached hydrogens (tertiary/aromatic N) is 5. The normalized spacial score (nSPS) is 13.2. The molecule has 1 amide bonds. The van der Waals surface area contributed by atoms with Crippen molar-refractivity contribution in [1.29, 1.82) is 0 Å². The van der Waals surface area contributed by atoms with Crippen LogP contribution in [0.2, 0.25) is 0 Å². The third-order valence-electron chi connectivity index (χ3n) is 4.85. The van der Waals surface area contributed by atoms with E-state index in [9.17, 15) is 4.79 Å². The molecule has 0 unspecified atom stereocenters. The summed E-state index contributed by atoms with van der Waals surface area (Å²) in [5.41, 5.74) is 3.15. The Labute approximate surface area is 168 Å². The minimum atomic E-state index is 0.0173. The van der Waals surface area contributed by atoms with Crippen molar-refractivity contribution in [3.63, 3.8) is 0 Å². The number of hydrogen-bond donors (Lipinski definition) is 2. The Morgan fingerprint density at radius 1 is 1.24 bits per heavy atom. The van der Waals surface area contributed by atoms with Gasteiger partial charge in [0.15, 0.2) is 5.82 Å². The Hall–Kier alpha value is -3.33. The zero-order chi connectivity index (χ0) is 20.4. The van der Waals surface area contributed by atoms with E-state index in [1.807, 2.05) is 36.9 Å². The molecule has 1 aliphatic heterocycles. The summed E-state index contributed by atoms with van der Waals surface area (Å²) >= 11 is 0. The van der Waals surface area contributed by atoms with E-state index in [0.29, 0.717) is 42.7 Å². The smallest absolute Gasteiger partial charge is 0.256 e. The fourth-order valence-electron chi connectivity index (χ4n) is 3.31. The van der Waals surface area contributed by atoms with Gasteiger partial charge in [-0.2, -0.15) is 5.10 Å². The van der Waals surface area contributed by atoms with Crippen molar-refractivity contribution in [1.82, 2.24) is 35.4 Å². The standard InChI is InChI=1S/C20H23N7O2/c1-12(2)27-11-16-15(20(27)28)8-14(19(23-16)29-3)9-22-10-17-24-18(26-25-17)13-4-6-21-7-5-13/h4-8,12,22H,9-11H2,1-3H3,(H,24,25,26). The zero-order valence-electron chi connectivity index (χ0n) is 16.6. The van der Waals surface area contributed by atoms with Crippen molar-refractivity contribution in [2.24, 2.45) is 0 Å². The number of methoxy groups -OCH3 is 1. The van der Waals surface area contributed by atoms with Gasteiger partial charge in [0.25, 0.3) is 5.91 Å². The van der Waals surface area contributed by atoms with Crippen molar-refractivity contribution < 1.29 is 9.53 Å². The summed E-state index contributed by atoms with van der Waals surface area (Å²) in [4.78, 5) is 27.5. The molecule has 2 N–H and O–H groups in total. The molecule has 3 aromatic rings. The van der Waals surface area contributed by atoms with Crippen LogP contribution in [0.1, 0.15) is 41.3 Å². The van der Waals surface area contributed by atoms with E-state index in [1.54, 1.807) is 19.5 Å². The summed E-state index contributed by atoms with van der Waals surface area (Å²) < 4.78 is 5.44. The van der Waals surface area contributed by atoms with Crippen LogP contribution in [0.3, 0.4) is 0 Å². The van der Waals surface area contributed by atoms with Crippen LogP contribution >= 0.6 is 0 Å². The van der Waals surface area contributed by atoms with Crippen LogP contribution in [-0.4, -0.2) is 49.1 Å². The highest BCUT2D eigenvalue weighted by atomic mass is 16.5. The molecular weight excluding hydrogens is 370 g/mol. The summed E-state index contributed by atoms with van der Waals surface area (Å²) in [6.07, 6.45) is 3.41. The van der Waals surface area contributed by atoms with Crippen LogP contribution in [0.25, 0.3) is 11.4 Å². The molecule has 29 heavy (non-hydrogen) atoms. The molecule has 0 saturated carbocycles. The highest BCUT2D eigenvalue weighted by Crippen LogP contribution is 2.28. The number of rotatable bonds is 7. The van der Waals surface area contributed by atoms with Gasteiger partial charge in [0.05, 0.1) is 31.5 Å². The number of hydrogen-bond acceptors (Lipinski definition) is 7. The van der Waals surface area contributed by atoms with Crippen molar-refractivity contribution in [3.05, 3.63) is 53.2 Å². The largest absolute Gasteiger partial charge is 0.481 e. The summed E-state index contributed by atoms with van der Waals surface area (Å²) in [6.45, 7) is 5.50. The van der Waals surface area contributed by atoms with E-state index in [-0.39, 0.29) is 11.9 Å². The van der Waals surface area contributed by atoms with Crippen LogP contribution in [0.4, 0.5) is 0 Å². The second kappa shape index (κ2) is 7.96. The monoisotopic (exact) mass is 393 g/mol. The molecule has 0 saturated heterocycles. The van der Waals surface area contributed by atoms with Crippen LogP contribution in [-0.2, 0) is 19.6 Å². The number of amides is 1. The lowest BCUT2D eigenvalue weighted by Gasteiger charge is -2.19. The third kappa shape index (κ3) is 3.81. The summed E-state index contributed by atoms with van der Waals surface area (Å²) in [7, 11) is 1.59. The first-order valence-electron chi connectivity index (χ1n) is 9.47. The molecule has 9 nitrogen and oxygen atoms in total.